The molecule has 0 radical (unpaired) electrons. The van der Waals surface area contributed by atoms with Gasteiger partial charge in [-0.15, -0.1) is 0 Å². The highest BCUT2D eigenvalue weighted by Crippen LogP contribution is 2.21. The Morgan fingerprint density at radius 3 is 2.75 bits per heavy atom. The van der Waals surface area contributed by atoms with E-state index < -0.39 is 0 Å². The number of rotatable bonds is 6. The molecule has 0 saturated heterocycles. The molecule has 0 heterocycles. The molecule has 0 aliphatic carbocycles. The summed E-state index contributed by atoms with van der Waals surface area (Å²) in [5.41, 5.74) is 2.40. The first-order valence-corrected chi connectivity index (χ1v) is 7.72. The van der Waals surface area contributed by atoms with Crippen LogP contribution in [0.5, 0.6) is 5.75 Å². The minimum Gasteiger partial charge on any atom is -0.494 e. The molecular formula is C16H17BrClNO. The van der Waals surface area contributed by atoms with Crippen molar-refractivity contribution in [1.82, 2.24) is 5.32 Å². The van der Waals surface area contributed by atoms with Gasteiger partial charge in [0.15, 0.2) is 0 Å². The van der Waals surface area contributed by atoms with E-state index in [-0.39, 0.29) is 0 Å². The fraction of sp³-hybridized carbons (Fsp3) is 0.250. The number of ether oxygens (including phenoxy) is 1. The van der Waals surface area contributed by atoms with Crippen LogP contribution in [-0.2, 0) is 13.1 Å². The Kier molecular flexibility index (Phi) is 5.89. The second-order valence-electron chi connectivity index (χ2n) is 4.42. The monoisotopic (exact) mass is 353 g/mol. The molecule has 0 aliphatic rings. The van der Waals surface area contributed by atoms with Gasteiger partial charge in [-0.05, 0) is 42.3 Å². The molecule has 2 rings (SSSR count). The van der Waals surface area contributed by atoms with Gasteiger partial charge in [0.2, 0.25) is 0 Å². The lowest BCUT2D eigenvalue weighted by Crippen LogP contribution is -2.13. The molecule has 0 bridgehead atoms. The number of hydrogen-bond acceptors (Lipinski definition) is 2. The van der Waals surface area contributed by atoms with Crippen molar-refractivity contribution >= 4 is 27.5 Å². The van der Waals surface area contributed by atoms with Gasteiger partial charge in [-0.1, -0.05) is 45.7 Å². The van der Waals surface area contributed by atoms with Crippen molar-refractivity contribution in [2.45, 2.75) is 20.0 Å². The van der Waals surface area contributed by atoms with Gasteiger partial charge >= 0.3 is 0 Å². The van der Waals surface area contributed by atoms with Crippen LogP contribution >= 0.6 is 27.5 Å². The molecule has 0 amide bonds. The zero-order valence-electron chi connectivity index (χ0n) is 11.3. The maximum absolute atomic E-state index is 5.93. The largest absolute Gasteiger partial charge is 0.494 e. The van der Waals surface area contributed by atoms with Crippen molar-refractivity contribution < 1.29 is 4.74 Å². The summed E-state index contributed by atoms with van der Waals surface area (Å²) in [6.07, 6.45) is 0. The Morgan fingerprint density at radius 1 is 1.15 bits per heavy atom. The fourth-order valence-corrected chi connectivity index (χ4v) is 2.74. The first-order valence-electron chi connectivity index (χ1n) is 6.55. The first-order chi connectivity index (χ1) is 9.69. The van der Waals surface area contributed by atoms with Crippen LogP contribution in [0.4, 0.5) is 0 Å². The van der Waals surface area contributed by atoms with Crippen molar-refractivity contribution in [3.63, 3.8) is 0 Å². The third-order valence-electron chi connectivity index (χ3n) is 2.87. The lowest BCUT2D eigenvalue weighted by atomic mass is 10.2. The Bertz CT molecular complexity index is 574. The molecule has 4 heteroatoms. The molecule has 106 valence electrons. The Hall–Kier alpha value is -1.03. The van der Waals surface area contributed by atoms with E-state index in [1.165, 1.54) is 11.1 Å². The van der Waals surface area contributed by atoms with Gasteiger partial charge in [0.1, 0.15) is 5.75 Å². The van der Waals surface area contributed by atoms with E-state index in [0.29, 0.717) is 6.61 Å². The number of hydrogen-bond donors (Lipinski definition) is 1. The van der Waals surface area contributed by atoms with E-state index in [1.807, 2.05) is 37.3 Å². The van der Waals surface area contributed by atoms with Crippen LogP contribution < -0.4 is 10.1 Å². The van der Waals surface area contributed by atoms with Crippen molar-refractivity contribution in [2.24, 2.45) is 0 Å². The SMILES string of the molecule is CCOc1cccc(CNCc2ccc(Cl)cc2Br)c1. The normalized spacial score (nSPS) is 10.6. The summed E-state index contributed by atoms with van der Waals surface area (Å²) in [6.45, 7) is 4.27. The molecule has 0 aliphatic heterocycles. The number of nitrogens with one attached hydrogen (secondary N) is 1. The summed E-state index contributed by atoms with van der Waals surface area (Å²) in [7, 11) is 0. The van der Waals surface area contributed by atoms with Gasteiger partial charge in [0, 0.05) is 22.6 Å². The molecule has 0 unspecified atom stereocenters. The summed E-state index contributed by atoms with van der Waals surface area (Å²) in [5.74, 6) is 0.916. The molecular weight excluding hydrogens is 338 g/mol. The van der Waals surface area contributed by atoms with Crippen LogP contribution in [0.2, 0.25) is 5.02 Å². The molecule has 0 spiro atoms. The quantitative estimate of drug-likeness (QED) is 0.805. The summed E-state index contributed by atoms with van der Waals surface area (Å²) in [5, 5.41) is 4.16. The van der Waals surface area contributed by atoms with Gasteiger partial charge in [-0.3, -0.25) is 0 Å². The lowest BCUT2D eigenvalue weighted by molar-refractivity contribution is 0.340. The zero-order chi connectivity index (χ0) is 14.4. The van der Waals surface area contributed by atoms with Gasteiger partial charge in [0.25, 0.3) is 0 Å². The summed E-state index contributed by atoms with van der Waals surface area (Å²) in [4.78, 5) is 0. The van der Waals surface area contributed by atoms with E-state index in [2.05, 4.69) is 33.4 Å². The van der Waals surface area contributed by atoms with Gasteiger partial charge < -0.3 is 10.1 Å². The van der Waals surface area contributed by atoms with Crippen molar-refractivity contribution in [1.29, 1.82) is 0 Å². The standard InChI is InChI=1S/C16H17BrClNO/c1-2-20-15-5-3-4-12(8-15)10-19-11-13-6-7-14(18)9-16(13)17/h3-9,19H,2,10-11H2,1H3. The molecule has 2 aromatic rings. The van der Waals surface area contributed by atoms with Crippen LogP contribution in [0.15, 0.2) is 46.9 Å². The van der Waals surface area contributed by atoms with Gasteiger partial charge in [-0.25, -0.2) is 0 Å². The highest BCUT2D eigenvalue weighted by molar-refractivity contribution is 9.10. The topological polar surface area (TPSA) is 21.3 Å². The van der Waals surface area contributed by atoms with E-state index in [9.17, 15) is 0 Å². The van der Waals surface area contributed by atoms with E-state index in [1.54, 1.807) is 0 Å². The highest BCUT2D eigenvalue weighted by atomic mass is 79.9. The third-order valence-corrected chi connectivity index (χ3v) is 3.84. The molecule has 1 N–H and O–H groups in total. The highest BCUT2D eigenvalue weighted by Gasteiger charge is 2.01. The average molecular weight is 355 g/mol. The predicted molar refractivity (Wildman–Crippen MR) is 87.3 cm³/mol. The van der Waals surface area contributed by atoms with E-state index >= 15 is 0 Å². The van der Waals surface area contributed by atoms with E-state index in [0.717, 1.165) is 28.3 Å². The number of benzene rings is 2. The predicted octanol–water partition coefficient (Wildman–Crippen LogP) is 4.79. The Balaban J connectivity index is 1.90. The third kappa shape index (κ3) is 4.51. The molecule has 2 aromatic carbocycles. The zero-order valence-corrected chi connectivity index (χ0v) is 13.7. The minimum atomic E-state index is 0.689. The second kappa shape index (κ2) is 7.67. The van der Waals surface area contributed by atoms with Gasteiger partial charge in [-0.2, -0.15) is 0 Å². The summed E-state index contributed by atoms with van der Waals surface area (Å²) < 4.78 is 6.52. The Morgan fingerprint density at radius 2 is 2.00 bits per heavy atom. The smallest absolute Gasteiger partial charge is 0.119 e. The van der Waals surface area contributed by atoms with E-state index in [4.69, 9.17) is 16.3 Å². The molecule has 0 aromatic heterocycles. The molecule has 20 heavy (non-hydrogen) atoms. The first kappa shape index (κ1) is 15.4. The summed E-state index contributed by atoms with van der Waals surface area (Å²) >= 11 is 9.45. The van der Waals surface area contributed by atoms with Crippen molar-refractivity contribution in [3.8, 4) is 5.75 Å². The molecule has 2 nitrogen and oxygen atoms in total. The lowest BCUT2D eigenvalue weighted by Gasteiger charge is -2.09. The second-order valence-corrected chi connectivity index (χ2v) is 5.71. The number of halogens is 2. The maximum Gasteiger partial charge on any atom is 0.119 e. The van der Waals surface area contributed by atoms with Crippen LogP contribution in [0.1, 0.15) is 18.1 Å². The van der Waals surface area contributed by atoms with Crippen LogP contribution in [-0.4, -0.2) is 6.61 Å². The Labute approximate surface area is 133 Å². The van der Waals surface area contributed by atoms with Gasteiger partial charge in [0.05, 0.1) is 6.61 Å². The van der Waals surface area contributed by atoms with Crippen molar-refractivity contribution in [2.75, 3.05) is 6.61 Å². The summed E-state index contributed by atoms with van der Waals surface area (Å²) in [6, 6.07) is 14.0. The molecule has 0 atom stereocenters. The maximum atomic E-state index is 5.93. The molecule has 0 fully saturated rings. The van der Waals surface area contributed by atoms with Crippen LogP contribution in [0.3, 0.4) is 0 Å². The fourth-order valence-electron chi connectivity index (χ4n) is 1.92. The average Bonchev–Trinajstić information content (AvgIpc) is 2.42. The van der Waals surface area contributed by atoms with Crippen LogP contribution in [0.25, 0.3) is 0 Å². The van der Waals surface area contributed by atoms with Crippen molar-refractivity contribution in [3.05, 3.63) is 63.1 Å². The molecule has 0 saturated carbocycles. The minimum absolute atomic E-state index is 0.689. The van der Waals surface area contributed by atoms with Crippen LogP contribution in [0, 0.1) is 0 Å².